The van der Waals surface area contributed by atoms with E-state index in [4.69, 9.17) is 5.73 Å². The van der Waals surface area contributed by atoms with Crippen LogP contribution in [-0.4, -0.2) is 54.8 Å². The Labute approximate surface area is 97.6 Å². The first-order valence-corrected chi connectivity index (χ1v) is 5.68. The van der Waals surface area contributed by atoms with Crippen molar-refractivity contribution in [2.45, 2.75) is 32.7 Å². The molecule has 0 bridgehead atoms. The van der Waals surface area contributed by atoms with Gasteiger partial charge in [-0.3, -0.25) is 9.59 Å². The molecule has 0 aliphatic rings. The van der Waals surface area contributed by atoms with E-state index in [0.29, 0.717) is 13.0 Å². The lowest BCUT2D eigenvalue weighted by Crippen LogP contribution is -2.47. The van der Waals surface area contributed by atoms with Crippen LogP contribution < -0.4 is 5.73 Å². The van der Waals surface area contributed by atoms with E-state index in [1.165, 1.54) is 9.80 Å². The van der Waals surface area contributed by atoms with E-state index in [9.17, 15) is 9.59 Å². The first-order chi connectivity index (χ1) is 7.43. The van der Waals surface area contributed by atoms with Crippen molar-refractivity contribution in [3.05, 3.63) is 0 Å². The Morgan fingerprint density at radius 1 is 1.25 bits per heavy atom. The molecule has 0 fully saturated rings. The van der Waals surface area contributed by atoms with E-state index in [1.54, 1.807) is 14.1 Å². The largest absolute Gasteiger partial charge is 0.347 e. The Balaban J connectivity index is 4.48. The van der Waals surface area contributed by atoms with Gasteiger partial charge in [-0.05, 0) is 12.8 Å². The highest BCUT2D eigenvalue weighted by atomic mass is 16.2. The standard InChI is InChI=1S/C11H23N3O2/c1-5-7-14(8-10(15)13(3)4)11(16)9(12)6-2/h9H,5-8,12H2,1-4H3. The Bertz CT molecular complexity index is 241. The minimum Gasteiger partial charge on any atom is -0.347 e. The van der Waals surface area contributed by atoms with Gasteiger partial charge < -0.3 is 15.5 Å². The molecule has 94 valence electrons. The molecule has 2 amide bonds. The highest BCUT2D eigenvalue weighted by Gasteiger charge is 2.21. The molecule has 1 unspecified atom stereocenters. The minimum atomic E-state index is -0.499. The van der Waals surface area contributed by atoms with Crippen LogP contribution in [0.5, 0.6) is 0 Å². The van der Waals surface area contributed by atoms with Crippen molar-refractivity contribution in [2.75, 3.05) is 27.2 Å². The van der Waals surface area contributed by atoms with E-state index in [0.717, 1.165) is 6.42 Å². The lowest BCUT2D eigenvalue weighted by Gasteiger charge is -2.25. The third-order valence-electron chi connectivity index (χ3n) is 2.39. The van der Waals surface area contributed by atoms with Crippen LogP contribution in [0, 0.1) is 0 Å². The molecule has 1 atom stereocenters. The maximum absolute atomic E-state index is 11.9. The number of hydrogen-bond acceptors (Lipinski definition) is 3. The summed E-state index contributed by atoms with van der Waals surface area (Å²) in [7, 11) is 3.35. The molecule has 0 heterocycles. The van der Waals surface area contributed by atoms with Crippen molar-refractivity contribution >= 4 is 11.8 Å². The predicted octanol–water partition coefficient (Wildman–Crippen LogP) is 0.0505. The number of hydrogen-bond donors (Lipinski definition) is 1. The molecule has 0 aromatic carbocycles. The summed E-state index contributed by atoms with van der Waals surface area (Å²) in [4.78, 5) is 26.4. The summed E-state index contributed by atoms with van der Waals surface area (Å²) in [5, 5.41) is 0. The molecule has 16 heavy (non-hydrogen) atoms. The molecule has 0 saturated carbocycles. The van der Waals surface area contributed by atoms with E-state index < -0.39 is 6.04 Å². The van der Waals surface area contributed by atoms with Crippen LogP contribution in [0.2, 0.25) is 0 Å². The lowest BCUT2D eigenvalue weighted by atomic mass is 10.2. The quantitative estimate of drug-likeness (QED) is 0.700. The van der Waals surface area contributed by atoms with E-state index in [2.05, 4.69) is 0 Å². The number of nitrogens with two attached hydrogens (primary N) is 1. The average Bonchev–Trinajstić information content (AvgIpc) is 2.26. The van der Waals surface area contributed by atoms with Gasteiger partial charge in [0.25, 0.3) is 0 Å². The van der Waals surface area contributed by atoms with Gasteiger partial charge in [-0.15, -0.1) is 0 Å². The van der Waals surface area contributed by atoms with Gasteiger partial charge in [0, 0.05) is 20.6 Å². The number of carbonyl (C=O) groups is 2. The van der Waals surface area contributed by atoms with Crippen molar-refractivity contribution in [3.63, 3.8) is 0 Å². The summed E-state index contributed by atoms with van der Waals surface area (Å²) < 4.78 is 0. The molecular formula is C11H23N3O2. The molecule has 0 aliphatic carbocycles. The average molecular weight is 229 g/mol. The van der Waals surface area contributed by atoms with Gasteiger partial charge in [0.2, 0.25) is 11.8 Å². The number of likely N-dealkylation sites (N-methyl/N-ethyl adjacent to an activating group) is 1. The smallest absolute Gasteiger partial charge is 0.241 e. The summed E-state index contributed by atoms with van der Waals surface area (Å²) in [5.74, 6) is -0.218. The Kier molecular flexibility index (Phi) is 6.72. The van der Waals surface area contributed by atoms with E-state index >= 15 is 0 Å². The van der Waals surface area contributed by atoms with Crippen molar-refractivity contribution in [3.8, 4) is 0 Å². The first-order valence-electron chi connectivity index (χ1n) is 5.68. The molecule has 0 spiro atoms. The van der Waals surface area contributed by atoms with Gasteiger partial charge in [-0.25, -0.2) is 0 Å². The zero-order chi connectivity index (χ0) is 12.7. The van der Waals surface area contributed by atoms with Gasteiger partial charge >= 0.3 is 0 Å². The molecule has 5 heteroatoms. The fraction of sp³-hybridized carbons (Fsp3) is 0.818. The molecule has 0 saturated heterocycles. The Morgan fingerprint density at radius 3 is 2.19 bits per heavy atom. The van der Waals surface area contributed by atoms with Crippen molar-refractivity contribution < 1.29 is 9.59 Å². The highest BCUT2D eigenvalue weighted by Crippen LogP contribution is 2.00. The van der Waals surface area contributed by atoms with Gasteiger partial charge in [-0.2, -0.15) is 0 Å². The lowest BCUT2D eigenvalue weighted by molar-refractivity contribution is -0.140. The fourth-order valence-corrected chi connectivity index (χ4v) is 1.25. The predicted molar refractivity (Wildman–Crippen MR) is 63.8 cm³/mol. The van der Waals surface area contributed by atoms with Crippen molar-refractivity contribution in [1.82, 2.24) is 9.80 Å². The van der Waals surface area contributed by atoms with Gasteiger partial charge in [0.1, 0.15) is 0 Å². The third kappa shape index (κ3) is 4.61. The minimum absolute atomic E-state index is 0.0786. The maximum atomic E-state index is 11.9. The van der Waals surface area contributed by atoms with Crippen LogP contribution in [0.1, 0.15) is 26.7 Å². The van der Waals surface area contributed by atoms with Crippen molar-refractivity contribution in [2.24, 2.45) is 5.73 Å². The van der Waals surface area contributed by atoms with Crippen LogP contribution >= 0.6 is 0 Å². The van der Waals surface area contributed by atoms with E-state index in [-0.39, 0.29) is 18.4 Å². The zero-order valence-electron chi connectivity index (χ0n) is 10.7. The monoisotopic (exact) mass is 229 g/mol. The van der Waals surface area contributed by atoms with Crippen LogP contribution in [0.3, 0.4) is 0 Å². The van der Waals surface area contributed by atoms with Gasteiger partial charge in [0.05, 0.1) is 12.6 Å². The highest BCUT2D eigenvalue weighted by molar-refractivity contribution is 5.87. The van der Waals surface area contributed by atoms with Crippen LogP contribution in [0.4, 0.5) is 0 Å². The molecule has 2 N–H and O–H groups in total. The van der Waals surface area contributed by atoms with Crippen LogP contribution in [0.15, 0.2) is 0 Å². The SMILES string of the molecule is CCCN(CC(=O)N(C)C)C(=O)C(N)CC. The summed E-state index contributed by atoms with van der Waals surface area (Å²) in [6, 6.07) is -0.499. The van der Waals surface area contributed by atoms with Gasteiger partial charge in [-0.1, -0.05) is 13.8 Å². The van der Waals surface area contributed by atoms with Crippen molar-refractivity contribution in [1.29, 1.82) is 0 Å². The second-order valence-corrected chi connectivity index (χ2v) is 4.06. The molecular weight excluding hydrogens is 206 g/mol. The molecule has 0 rings (SSSR count). The number of nitrogens with zero attached hydrogens (tertiary/aromatic N) is 2. The zero-order valence-corrected chi connectivity index (χ0v) is 10.7. The summed E-state index contributed by atoms with van der Waals surface area (Å²) in [6.45, 7) is 4.53. The summed E-state index contributed by atoms with van der Waals surface area (Å²) in [5.41, 5.74) is 5.68. The molecule has 5 nitrogen and oxygen atoms in total. The summed E-state index contributed by atoms with van der Waals surface area (Å²) >= 11 is 0. The first kappa shape index (κ1) is 14.9. The Hall–Kier alpha value is -1.10. The molecule has 0 aromatic rings. The Morgan fingerprint density at radius 2 is 1.81 bits per heavy atom. The number of carbonyl (C=O) groups excluding carboxylic acids is 2. The van der Waals surface area contributed by atoms with Crippen LogP contribution in [-0.2, 0) is 9.59 Å². The normalized spacial score (nSPS) is 12.1. The molecule has 0 aliphatic heterocycles. The van der Waals surface area contributed by atoms with E-state index in [1.807, 2.05) is 13.8 Å². The topological polar surface area (TPSA) is 66.6 Å². The second kappa shape index (κ2) is 7.22. The second-order valence-electron chi connectivity index (χ2n) is 4.06. The third-order valence-corrected chi connectivity index (χ3v) is 2.39. The van der Waals surface area contributed by atoms with Gasteiger partial charge in [0.15, 0.2) is 0 Å². The fourth-order valence-electron chi connectivity index (χ4n) is 1.25. The molecule has 0 radical (unpaired) electrons. The summed E-state index contributed by atoms with van der Waals surface area (Å²) in [6.07, 6.45) is 1.41. The molecule has 0 aromatic heterocycles. The number of rotatable bonds is 6. The maximum Gasteiger partial charge on any atom is 0.241 e. The van der Waals surface area contributed by atoms with Crippen LogP contribution in [0.25, 0.3) is 0 Å². The number of amides is 2.